The molecule has 0 aromatic heterocycles. The molecule has 52 valence electrons. The SMILES string of the molecule is O=BO.O=P([O-])(O)O.[H+].[SrH2]. The van der Waals surface area contributed by atoms with Crippen LogP contribution in [0.5, 0.6) is 0 Å². The van der Waals surface area contributed by atoms with Crippen molar-refractivity contribution in [2.75, 3.05) is 0 Å². The zero-order valence-electron chi connectivity index (χ0n) is 4.59. The van der Waals surface area contributed by atoms with Gasteiger partial charge in [0.25, 0.3) is 7.82 Å². The fourth-order valence-electron chi connectivity index (χ4n) is 0. The molecule has 0 bridgehead atoms. The van der Waals surface area contributed by atoms with Crippen molar-refractivity contribution in [3.63, 3.8) is 0 Å². The molecule has 0 fully saturated rings. The minimum absolute atomic E-state index is 0. The molecule has 0 atom stereocenters. The molecule has 0 heterocycles. The van der Waals surface area contributed by atoms with Gasteiger partial charge in [-0.1, -0.05) is 0 Å². The van der Waals surface area contributed by atoms with Gasteiger partial charge in [-0.2, -0.15) is 0 Å². The Balaban J connectivity index is -0.0000000326. The topological polar surface area (TPSA) is 118 Å². The van der Waals surface area contributed by atoms with Crippen LogP contribution in [0, 0.1) is 0 Å². The molecule has 0 aliphatic carbocycles. The van der Waals surface area contributed by atoms with Crippen LogP contribution in [0.2, 0.25) is 0 Å². The molecule has 0 aromatic carbocycles. The van der Waals surface area contributed by atoms with Crippen molar-refractivity contribution >= 4 is 60.7 Å². The molecule has 0 spiro atoms. The van der Waals surface area contributed by atoms with Crippen LogP contribution in [0.15, 0.2) is 0 Å². The van der Waals surface area contributed by atoms with Crippen molar-refractivity contribution in [1.82, 2.24) is 0 Å². The summed E-state index contributed by atoms with van der Waals surface area (Å²) in [5, 5.41) is 6.89. The second-order valence-electron chi connectivity index (χ2n) is 0.596. The first-order valence-electron chi connectivity index (χ1n) is 1.26. The van der Waals surface area contributed by atoms with Crippen molar-refractivity contribution in [2.24, 2.45) is 0 Å². The van der Waals surface area contributed by atoms with Crippen molar-refractivity contribution in [2.45, 2.75) is 0 Å². The third kappa shape index (κ3) is 309. The van der Waals surface area contributed by atoms with Crippen LogP contribution in [0.3, 0.4) is 0 Å². The molecule has 0 amide bonds. The molecule has 0 rings (SSSR count). The van der Waals surface area contributed by atoms with Crippen LogP contribution in [0.25, 0.3) is 0 Å². The van der Waals surface area contributed by atoms with Gasteiger partial charge in [-0.25, -0.2) is 0 Å². The Morgan fingerprint density at radius 1 is 1.56 bits per heavy atom. The second-order valence-corrected chi connectivity index (χ2v) is 1.58. The molecule has 0 aliphatic heterocycles. The van der Waals surface area contributed by atoms with E-state index in [1.807, 2.05) is 0 Å². The Morgan fingerprint density at radius 3 is 1.56 bits per heavy atom. The monoisotopic (exact) mass is 232 g/mol. The molecule has 0 saturated carbocycles. The first kappa shape index (κ1) is 16.7. The summed E-state index contributed by atoms with van der Waals surface area (Å²) in [7, 11) is -5.14. The third-order valence-corrected chi connectivity index (χ3v) is 0. The zero-order valence-corrected chi connectivity index (χ0v) is 4.49. The molecule has 3 N–H and O–H groups in total. The van der Waals surface area contributed by atoms with Crippen LogP contribution < -0.4 is 4.89 Å². The maximum absolute atomic E-state index is 8.77. The quantitative estimate of drug-likeness (QED) is 0.295. The van der Waals surface area contributed by atoms with Gasteiger partial charge in [-0.15, -0.1) is 0 Å². The van der Waals surface area contributed by atoms with Gasteiger partial charge in [0.15, 0.2) is 0 Å². The molecule has 9 heavy (non-hydrogen) atoms. The molecular weight excluding hydrogens is 225 g/mol. The van der Waals surface area contributed by atoms with E-state index in [4.69, 9.17) is 29.0 Å². The van der Waals surface area contributed by atoms with E-state index in [0.29, 0.717) is 0 Å². The minimum atomic E-state index is -4.89. The Bertz CT molecular complexity index is 91.7. The van der Waals surface area contributed by atoms with Crippen molar-refractivity contribution < 1.29 is 30.4 Å². The first-order chi connectivity index (χ1) is 3.41. The van der Waals surface area contributed by atoms with Gasteiger partial charge in [0.05, 0.1) is 0 Å². The fourth-order valence-corrected chi connectivity index (χ4v) is 0. The Hall–Kier alpha value is 1.26. The van der Waals surface area contributed by atoms with Crippen LogP contribution in [-0.4, -0.2) is 67.6 Å². The van der Waals surface area contributed by atoms with E-state index in [1.54, 1.807) is 0 Å². The average Bonchev–Trinajstić information content (AvgIpc) is 1.27. The van der Waals surface area contributed by atoms with Crippen LogP contribution in [-0.2, 0) is 9.27 Å². The Morgan fingerprint density at radius 2 is 1.56 bits per heavy atom. The maximum atomic E-state index is 8.77. The Kier molecular flexibility index (Phi) is 17.2. The van der Waals surface area contributed by atoms with Gasteiger partial charge in [0, 0.05) is 0 Å². The number of hydrogen-bond donors (Lipinski definition) is 3. The summed E-state index contributed by atoms with van der Waals surface area (Å²) >= 11 is 0. The van der Waals surface area contributed by atoms with E-state index in [1.165, 1.54) is 0 Å². The number of phosphoric acid groups is 1. The summed E-state index contributed by atoms with van der Waals surface area (Å²) in [5.74, 6) is 0. The van der Waals surface area contributed by atoms with E-state index in [9.17, 15) is 0 Å². The van der Waals surface area contributed by atoms with E-state index >= 15 is 0 Å². The predicted molar refractivity (Wildman–Crippen MR) is 30.4 cm³/mol. The number of rotatable bonds is 0. The molecule has 9 heteroatoms. The predicted octanol–water partition coefficient (Wildman–Crippen LogP) is -3.42. The van der Waals surface area contributed by atoms with E-state index in [0.717, 1.165) is 0 Å². The standard InChI is InChI=1S/BHO2.H3O4P.Sr.2H/c2-1-3;1-5(2,3)4;;;/h2H;(H3,1,2,3,4);;;. The second kappa shape index (κ2) is 9.26. The summed E-state index contributed by atoms with van der Waals surface area (Å²) in [6.07, 6.45) is 0. The normalized spacial score (nSPS) is 7.44. The zero-order chi connectivity index (χ0) is 7.21. The van der Waals surface area contributed by atoms with Gasteiger partial charge in [0.2, 0.25) is 0 Å². The first-order valence-corrected chi connectivity index (χ1v) is 2.79. The summed E-state index contributed by atoms with van der Waals surface area (Å²) in [6, 6.07) is 0. The van der Waals surface area contributed by atoms with Gasteiger partial charge >= 0.3 is 64.0 Å². The fraction of sp³-hybridized carbons (Fsp3) is 0. The van der Waals surface area contributed by atoms with Gasteiger partial charge in [0.1, 0.15) is 0 Å². The molecule has 0 unspecified atom stereocenters. The van der Waals surface area contributed by atoms with Crippen LogP contribution in [0.4, 0.5) is 0 Å². The molecule has 0 aromatic rings. The number of hydrogen-bond acceptors (Lipinski definition) is 3. The molecular formula is H6BO6PSr. The average molecular weight is 231 g/mol. The summed E-state index contributed by atoms with van der Waals surface area (Å²) < 4.78 is 17.1. The molecule has 0 radical (unpaired) electrons. The van der Waals surface area contributed by atoms with Gasteiger partial charge in [-0.05, 0) is 0 Å². The van der Waals surface area contributed by atoms with Crippen molar-refractivity contribution in [1.29, 1.82) is 0 Å². The molecule has 6 nitrogen and oxygen atoms in total. The summed E-state index contributed by atoms with van der Waals surface area (Å²) in [5.41, 5.74) is 0. The van der Waals surface area contributed by atoms with Crippen LogP contribution >= 0.6 is 7.82 Å². The van der Waals surface area contributed by atoms with Crippen LogP contribution in [0.1, 0.15) is 1.43 Å². The Labute approximate surface area is 90.2 Å². The van der Waals surface area contributed by atoms with Crippen molar-refractivity contribution in [3.05, 3.63) is 0 Å². The van der Waals surface area contributed by atoms with E-state index in [-0.39, 0.29) is 54.3 Å². The van der Waals surface area contributed by atoms with Gasteiger partial charge < -0.3 is 14.7 Å². The molecule has 0 saturated heterocycles. The third-order valence-electron chi connectivity index (χ3n) is 0. The van der Waals surface area contributed by atoms with Gasteiger partial charge in [-0.3, -0.25) is 4.57 Å². The van der Waals surface area contributed by atoms with Crippen molar-refractivity contribution in [3.8, 4) is 0 Å². The van der Waals surface area contributed by atoms with E-state index in [2.05, 4.69) is 0 Å². The molecule has 0 aliphatic rings. The summed E-state index contributed by atoms with van der Waals surface area (Å²) in [6.45, 7) is 0. The summed E-state index contributed by atoms with van der Waals surface area (Å²) in [4.78, 5) is 22.9. The van der Waals surface area contributed by atoms with E-state index < -0.39 is 7.82 Å².